The number of nitrogens with zero attached hydrogens (tertiary/aromatic N) is 3. The first-order valence-electron chi connectivity index (χ1n) is 13.6. The van der Waals surface area contributed by atoms with E-state index in [0.29, 0.717) is 50.1 Å². The SMILES string of the molecule is CCC(C=O)N(C(=O)CC1C(=O)N(CCc2cccs2)CC(=O)N1CCc1cccs1)C(Cl)Cc1ccc(Cl)cc1. The molecule has 0 spiro atoms. The van der Waals surface area contributed by atoms with Crippen LogP contribution in [0.2, 0.25) is 5.02 Å². The lowest BCUT2D eigenvalue weighted by Crippen LogP contribution is -2.62. The Bertz CT molecular complexity index is 1300. The zero-order valence-electron chi connectivity index (χ0n) is 22.8. The average molecular weight is 635 g/mol. The van der Waals surface area contributed by atoms with Gasteiger partial charge in [0.25, 0.3) is 0 Å². The fourth-order valence-electron chi connectivity index (χ4n) is 4.99. The summed E-state index contributed by atoms with van der Waals surface area (Å²) in [6, 6.07) is 13.3. The molecule has 3 atom stereocenters. The molecule has 3 aromatic rings. The minimum absolute atomic E-state index is 0.0241. The van der Waals surface area contributed by atoms with Crippen molar-refractivity contribution in [3.63, 3.8) is 0 Å². The number of carbonyl (C=O) groups excluding carboxylic acids is 4. The van der Waals surface area contributed by atoms with E-state index < -0.39 is 23.5 Å². The van der Waals surface area contributed by atoms with E-state index in [1.807, 2.05) is 47.2 Å². The summed E-state index contributed by atoms with van der Waals surface area (Å²) in [5.74, 6) is -0.892. The van der Waals surface area contributed by atoms with Gasteiger partial charge in [0.15, 0.2) is 0 Å². The zero-order chi connectivity index (χ0) is 29.4. The van der Waals surface area contributed by atoms with Crippen LogP contribution in [-0.2, 0) is 38.4 Å². The Hall–Kier alpha value is -2.72. The number of hydrogen-bond donors (Lipinski definition) is 0. The summed E-state index contributed by atoms with van der Waals surface area (Å²) in [5, 5.41) is 4.53. The molecule has 0 N–H and O–H groups in total. The summed E-state index contributed by atoms with van der Waals surface area (Å²) in [6.07, 6.45) is 2.34. The van der Waals surface area contributed by atoms with Crippen molar-refractivity contribution < 1.29 is 19.2 Å². The molecule has 3 amide bonds. The number of piperazine rings is 1. The highest BCUT2D eigenvalue weighted by Gasteiger charge is 2.42. The molecule has 11 heteroatoms. The number of thiophene rings is 2. The third-order valence-corrected chi connectivity index (χ3v) is 9.70. The number of rotatable bonds is 14. The van der Waals surface area contributed by atoms with E-state index in [4.69, 9.17) is 23.2 Å². The second-order valence-electron chi connectivity index (χ2n) is 9.90. The van der Waals surface area contributed by atoms with Crippen molar-refractivity contribution in [3.8, 4) is 0 Å². The first-order valence-corrected chi connectivity index (χ1v) is 16.2. The summed E-state index contributed by atoms with van der Waals surface area (Å²) >= 11 is 16.0. The molecule has 218 valence electrons. The highest BCUT2D eigenvalue weighted by atomic mass is 35.5. The van der Waals surface area contributed by atoms with Gasteiger partial charge in [0.05, 0.1) is 19.0 Å². The number of alkyl halides is 1. The Kier molecular flexibility index (Phi) is 11.4. The number of benzene rings is 1. The van der Waals surface area contributed by atoms with Gasteiger partial charge in [-0.1, -0.05) is 54.4 Å². The Morgan fingerprint density at radius 2 is 1.68 bits per heavy atom. The molecule has 1 saturated heterocycles. The minimum atomic E-state index is -0.974. The fourth-order valence-corrected chi connectivity index (χ4v) is 6.95. The van der Waals surface area contributed by atoms with E-state index in [2.05, 4.69) is 0 Å². The van der Waals surface area contributed by atoms with Gasteiger partial charge in [0, 0.05) is 34.3 Å². The van der Waals surface area contributed by atoms with Crippen LogP contribution >= 0.6 is 45.9 Å². The quantitative estimate of drug-likeness (QED) is 0.137. The lowest BCUT2D eigenvalue weighted by molar-refractivity contribution is -0.158. The van der Waals surface area contributed by atoms with Crippen LogP contribution in [-0.4, -0.2) is 75.9 Å². The predicted octanol–water partition coefficient (Wildman–Crippen LogP) is 5.29. The number of halogens is 2. The number of amides is 3. The molecule has 41 heavy (non-hydrogen) atoms. The first kappa shape index (κ1) is 31.2. The normalized spacial score (nSPS) is 17.0. The molecular weight excluding hydrogens is 601 g/mol. The maximum atomic E-state index is 13.9. The first-order chi connectivity index (χ1) is 19.8. The Morgan fingerprint density at radius 3 is 2.24 bits per heavy atom. The maximum Gasteiger partial charge on any atom is 0.246 e. The molecule has 0 aliphatic carbocycles. The standard InChI is InChI=1S/C30H33Cl2N3O4S2/c1-2-23(20-36)35(27(32)17-21-7-9-22(31)10-8-21)28(37)18-26-30(39)33(13-11-24-5-3-15-40-24)19-29(38)34(26)14-12-25-6-4-16-41-25/h3-10,15-16,20,23,26-27H,2,11-14,17-19H2,1H3. The number of aldehydes is 1. The van der Waals surface area contributed by atoms with Crippen LogP contribution < -0.4 is 0 Å². The second kappa shape index (κ2) is 15.0. The highest BCUT2D eigenvalue weighted by Crippen LogP contribution is 2.24. The van der Waals surface area contributed by atoms with Gasteiger partial charge in [-0.25, -0.2) is 0 Å². The Labute approximate surface area is 258 Å². The smallest absolute Gasteiger partial charge is 0.246 e. The third kappa shape index (κ3) is 8.19. The van der Waals surface area contributed by atoms with Crippen molar-refractivity contribution in [2.45, 2.75) is 56.6 Å². The van der Waals surface area contributed by atoms with E-state index in [9.17, 15) is 19.2 Å². The van der Waals surface area contributed by atoms with Gasteiger partial charge in [-0.05, 0) is 59.9 Å². The Balaban J connectivity index is 1.55. The van der Waals surface area contributed by atoms with Gasteiger partial charge in [-0.3, -0.25) is 14.4 Å². The molecule has 1 aromatic carbocycles. The molecule has 3 heterocycles. The van der Waals surface area contributed by atoms with E-state index in [1.165, 1.54) is 9.80 Å². The lowest BCUT2D eigenvalue weighted by atomic mass is 10.0. The van der Waals surface area contributed by atoms with E-state index in [1.54, 1.807) is 46.6 Å². The van der Waals surface area contributed by atoms with Gasteiger partial charge in [-0.15, -0.1) is 22.7 Å². The third-order valence-electron chi connectivity index (χ3n) is 7.21. The predicted molar refractivity (Wildman–Crippen MR) is 165 cm³/mol. The van der Waals surface area contributed by atoms with Crippen molar-refractivity contribution in [2.24, 2.45) is 0 Å². The van der Waals surface area contributed by atoms with Crippen molar-refractivity contribution in [1.29, 1.82) is 0 Å². The van der Waals surface area contributed by atoms with Crippen molar-refractivity contribution in [2.75, 3.05) is 19.6 Å². The fraction of sp³-hybridized carbons (Fsp3) is 0.400. The van der Waals surface area contributed by atoms with Gasteiger partial charge in [0.1, 0.15) is 17.8 Å². The van der Waals surface area contributed by atoms with Crippen LogP contribution in [0, 0.1) is 0 Å². The summed E-state index contributed by atoms with van der Waals surface area (Å²) in [5.41, 5.74) is 0.0249. The van der Waals surface area contributed by atoms with Crippen molar-refractivity contribution in [1.82, 2.24) is 14.7 Å². The molecule has 1 aliphatic heterocycles. The van der Waals surface area contributed by atoms with Crippen molar-refractivity contribution in [3.05, 3.63) is 79.6 Å². The van der Waals surface area contributed by atoms with Crippen LogP contribution in [0.1, 0.15) is 35.1 Å². The molecule has 1 aliphatic rings. The van der Waals surface area contributed by atoms with E-state index >= 15 is 0 Å². The van der Waals surface area contributed by atoms with Gasteiger partial charge in [0.2, 0.25) is 17.7 Å². The summed E-state index contributed by atoms with van der Waals surface area (Å²) < 4.78 is 0. The maximum absolute atomic E-state index is 13.9. The molecule has 3 unspecified atom stereocenters. The van der Waals surface area contributed by atoms with Gasteiger partial charge < -0.3 is 19.5 Å². The topological polar surface area (TPSA) is 78.0 Å². The van der Waals surface area contributed by atoms with Gasteiger partial charge in [-0.2, -0.15) is 0 Å². The number of hydrogen-bond acceptors (Lipinski definition) is 6. The molecule has 0 saturated carbocycles. The van der Waals surface area contributed by atoms with E-state index in [0.717, 1.165) is 15.3 Å². The summed E-state index contributed by atoms with van der Waals surface area (Å²) in [4.78, 5) is 59.8. The Morgan fingerprint density at radius 1 is 1.05 bits per heavy atom. The van der Waals surface area contributed by atoms with Crippen molar-refractivity contribution >= 4 is 69.9 Å². The van der Waals surface area contributed by atoms with Crippen LogP contribution in [0.25, 0.3) is 0 Å². The number of carbonyl (C=O) groups is 4. The molecule has 0 radical (unpaired) electrons. The average Bonchev–Trinajstić information content (AvgIpc) is 3.68. The zero-order valence-corrected chi connectivity index (χ0v) is 25.9. The highest BCUT2D eigenvalue weighted by molar-refractivity contribution is 7.10. The van der Waals surface area contributed by atoms with Crippen LogP contribution in [0.15, 0.2) is 59.3 Å². The van der Waals surface area contributed by atoms with Gasteiger partial charge >= 0.3 is 0 Å². The van der Waals surface area contributed by atoms with Crippen LogP contribution in [0.5, 0.6) is 0 Å². The monoisotopic (exact) mass is 633 g/mol. The molecule has 2 aromatic heterocycles. The molecule has 7 nitrogen and oxygen atoms in total. The van der Waals surface area contributed by atoms with Crippen LogP contribution in [0.3, 0.4) is 0 Å². The second-order valence-corrected chi connectivity index (χ2v) is 12.9. The molecule has 4 rings (SSSR count). The van der Waals surface area contributed by atoms with Crippen LogP contribution in [0.4, 0.5) is 0 Å². The van der Waals surface area contributed by atoms with E-state index in [-0.39, 0.29) is 24.8 Å². The molecule has 0 bridgehead atoms. The lowest BCUT2D eigenvalue weighted by Gasteiger charge is -2.41. The summed E-state index contributed by atoms with van der Waals surface area (Å²) in [7, 11) is 0. The summed E-state index contributed by atoms with van der Waals surface area (Å²) in [6.45, 7) is 2.49. The molecular formula is C30H33Cl2N3O4S2. The largest absolute Gasteiger partial charge is 0.331 e. The minimum Gasteiger partial charge on any atom is -0.331 e. The molecule has 1 fully saturated rings.